The molecule has 0 bridgehead atoms. The number of hydrogen-bond acceptors (Lipinski definition) is 10. The number of piperazine rings is 1. The van der Waals surface area contributed by atoms with Gasteiger partial charge in [-0.15, -0.1) is 5.10 Å². The predicted octanol–water partition coefficient (Wildman–Crippen LogP) is 1.52. The molecule has 0 amide bonds. The van der Waals surface area contributed by atoms with Gasteiger partial charge < -0.3 is 15.2 Å². The molecule has 0 atom stereocenters. The van der Waals surface area contributed by atoms with Gasteiger partial charge in [-0.3, -0.25) is 4.90 Å². The van der Waals surface area contributed by atoms with E-state index in [1.165, 1.54) is 16.6 Å². The highest BCUT2D eigenvalue weighted by atomic mass is 19.1. The summed E-state index contributed by atoms with van der Waals surface area (Å²) in [6.45, 7) is 5.79. The Kier molecular flexibility index (Phi) is 5.02. The summed E-state index contributed by atoms with van der Waals surface area (Å²) in [7, 11) is 0. The standard InChI is InChI=1S/C21H21F2N11O/c1-12-26-20(35-30-12)17-27-19-14-11-25-33(18(14)28-21(24)34(19)29-17)9-6-31-4-7-32(8-5-31)16-3-2-13(22)10-15(16)23/h2-3,10-11H,4-9H2,1H3,(H2,24,28). The molecule has 14 heteroatoms. The molecule has 5 aromatic rings. The minimum absolute atomic E-state index is 0.166. The predicted molar refractivity (Wildman–Crippen MR) is 122 cm³/mol. The summed E-state index contributed by atoms with van der Waals surface area (Å²) in [5.74, 6) is -0.0106. The zero-order valence-corrected chi connectivity index (χ0v) is 18.8. The summed E-state index contributed by atoms with van der Waals surface area (Å²) < 4.78 is 35.7. The Bertz CT molecular complexity index is 1530. The molecule has 35 heavy (non-hydrogen) atoms. The van der Waals surface area contributed by atoms with Crippen molar-refractivity contribution in [3.63, 3.8) is 0 Å². The minimum atomic E-state index is -0.574. The normalized spacial score (nSPS) is 15.0. The van der Waals surface area contributed by atoms with E-state index in [1.54, 1.807) is 17.8 Å². The van der Waals surface area contributed by atoms with Gasteiger partial charge >= 0.3 is 0 Å². The Morgan fingerprint density at radius 3 is 2.60 bits per heavy atom. The van der Waals surface area contributed by atoms with E-state index in [2.05, 4.69) is 35.2 Å². The van der Waals surface area contributed by atoms with Crippen LogP contribution >= 0.6 is 0 Å². The van der Waals surface area contributed by atoms with Crippen LogP contribution in [0.3, 0.4) is 0 Å². The number of fused-ring (bicyclic) bond motifs is 3. The Labute approximate surface area is 197 Å². The van der Waals surface area contributed by atoms with Crippen LogP contribution in [0.1, 0.15) is 5.82 Å². The molecule has 0 unspecified atom stereocenters. The fraction of sp³-hybridized carbons (Fsp3) is 0.333. The topological polar surface area (TPSA) is 132 Å². The van der Waals surface area contributed by atoms with E-state index in [1.807, 2.05) is 4.90 Å². The van der Waals surface area contributed by atoms with Gasteiger partial charge in [-0.05, 0) is 19.1 Å². The lowest BCUT2D eigenvalue weighted by Gasteiger charge is -2.36. The van der Waals surface area contributed by atoms with Gasteiger partial charge in [-0.1, -0.05) is 5.16 Å². The van der Waals surface area contributed by atoms with Crippen LogP contribution < -0.4 is 10.6 Å². The van der Waals surface area contributed by atoms with Crippen molar-refractivity contribution in [1.29, 1.82) is 0 Å². The van der Waals surface area contributed by atoms with E-state index in [9.17, 15) is 8.78 Å². The molecule has 1 aromatic carbocycles. The molecule has 0 saturated carbocycles. The maximum atomic E-state index is 14.1. The quantitative estimate of drug-likeness (QED) is 0.394. The van der Waals surface area contributed by atoms with E-state index in [0.29, 0.717) is 47.8 Å². The summed E-state index contributed by atoms with van der Waals surface area (Å²) in [4.78, 5) is 17.3. The number of aromatic nitrogens is 8. The van der Waals surface area contributed by atoms with E-state index < -0.39 is 11.6 Å². The summed E-state index contributed by atoms with van der Waals surface area (Å²) in [6.07, 6.45) is 1.68. The van der Waals surface area contributed by atoms with Crippen LogP contribution in [0.2, 0.25) is 0 Å². The number of nitrogens with zero attached hydrogens (tertiary/aromatic N) is 10. The number of aryl methyl sites for hydroxylation is 1. The summed E-state index contributed by atoms with van der Waals surface area (Å²) >= 11 is 0. The maximum absolute atomic E-state index is 14.1. The number of hydrogen-bond donors (Lipinski definition) is 1. The average molecular weight is 481 g/mol. The zero-order chi connectivity index (χ0) is 24.1. The number of halogens is 2. The third-order valence-corrected chi connectivity index (χ3v) is 6.07. The van der Waals surface area contributed by atoms with Gasteiger partial charge in [0.1, 0.15) is 11.6 Å². The lowest BCUT2D eigenvalue weighted by Crippen LogP contribution is -2.47. The maximum Gasteiger partial charge on any atom is 0.297 e. The molecule has 1 saturated heterocycles. The van der Waals surface area contributed by atoms with Crippen molar-refractivity contribution in [2.24, 2.45) is 0 Å². The minimum Gasteiger partial charge on any atom is -0.368 e. The second-order valence-electron chi connectivity index (χ2n) is 8.32. The van der Waals surface area contributed by atoms with E-state index in [0.717, 1.165) is 25.7 Å². The second kappa shape index (κ2) is 8.23. The van der Waals surface area contributed by atoms with Crippen LogP contribution in [0.5, 0.6) is 0 Å². The molecule has 0 spiro atoms. The lowest BCUT2D eigenvalue weighted by molar-refractivity contribution is 0.245. The fourth-order valence-corrected chi connectivity index (χ4v) is 4.28. The highest BCUT2D eigenvalue weighted by Crippen LogP contribution is 2.24. The highest BCUT2D eigenvalue weighted by Gasteiger charge is 2.22. The van der Waals surface area contributed by atoms with Gasteiger partial charge in [-0.25, -0.2) is 18.4 Å². The molecule has 180 valence electrons. The number of anilines is 2. The largest absolute Gasteiger partial charge is 0.368 e. The molecule has 1 aliphatic rings. The van der Waals surface area contributed by atoms with Crippen molar-refractivity contribution in [3.05, 3.63) is 41.9 Å². The third kappa shape index (κ3) is 3.80. The van der Waals surface area contributed by atoms with Crippen molar-refractivity contribution >= 4 is 28.3 Å². The zero-order valence-electron chi connectivity index (χ0n) is 18.8. The van der Waals surface area contributed by atoms with Crippen molar-refractivity contribution < 1.29 is 13.3 Å². The Morgan fingerprint density at radius 2 is 1.86 bits per heavy atom. The highest BCUT2D eigenvalue weighted by molar-refractivity contribution is 5.90. The van der Waals surface area contributed by atoms with Crippen LogP contribution in [-0.4, -0.2) is 77.1 Å². The van der Waals surface area contributed by atoms with Crippen molar-refractivity contribution in [3.8, 4) is 11.7 Å². The molecule has 1 fully saturated rings. The second-order valence-corrected chi connectivity index (χ2v) is 8.32. The van der Waals surface area contributed by atoms with E-state index >= 15 is 0 Å². The SMILES string of the molecule is Cc1noc(-c2nc3c4cnn(CCN5CCN(c6ccc(F)cc6F)CC5)c4nc(N)n3n2)n1. The third-order valence-electron chi connectivity index (χ3n) is 6.07. The molecule has 1 aliphatic heterocycles. The van der Waals surface area contributed by atoms with Gasteiger partial charge in [0, 0.05) is 38.8 Å². The molecule has 2 N–H and O–H groups in total. The van der Waals surface area contributed by atoms with Crippen LogP contribution in [0.25, 0.3) is 28.4 Å². The first-order chi connectivity index (χ1) is 17.0. The Hall–Kier alpha value is -4.20. The van der Waals surface area contributed by atoms with Gasteiger partial charge in [0.15, 0.2) is 17.1 Å². The Morgan fingerprint density at radius 1 is 1.03 bits per heavy atom. The summed E-state index contributed by atoms with van der Waals surface area (Å²) in [5, 5.41) is 13.3. The van der Waals surface area contributed by atoms with E-state index in [-0.39, 0.29) is 17.7 Å². The number of nitrogen functional groups attached to an aromatic ring is 1. The molecular formula is C21H21F2N11O. The lowest BCUT2D eigenvalue weighted by atomic mass is 10.2. The summed E-state index contributed by atoms with van der Waals surface area (Å²) in [6, 6.07) is 3.69. The Balaban J connectivity index is 1.17. The molecule has 6 rings (SSSR count). The van der Waals surface area contributed by atoms with Crippen LogP contribution in [0.15, 0.2) is 28.9 Å². The number of benzene rings is 1. The number of nitrogens with two attached hydrogens (primary N) is 1. The molecule has 0 radical (unpaired) electrons. The van der Waals surface area contributed by atoms with E-state index in [4.69, 9.17) is 10.3 Å². The van der Waals surface area contributed by atoms with Gasteiger partial charge in [0.2, 0.25) is 11.8 Å². The van der Waals surface area contributed by atoms with Crippen molar-refractivity contribution in [2.75, 3.05) is 43.4 Å². The molecule has 12 nitrogen and oxygen atoms in total. The average Bonchev–Trinajstić information content (AvgIpc) is 3.56. The van der Waals surface area contributed by atoms with Crippen molar-refractivity contribution in [1.82, 2.24) is 44.4 Å². The molecular weight excluding hydrogens is 460 g/mol. The van der Waals surface area contributed by atoms with Crippen LogP contribution in [0, 0.1) is 18.6 Å². The first kappa shape index (κ1) is 21.3. The fourth-order valence-electron chi connectivity index (χ4n) is 4.28. The van der Waals surface area contributed by atoms with Crippen LogP contribution in [-0.2, 0) is 6.54 Å². The first-order valence-electron chi connectivity index (χ1n) is 11.1. The summed E-state index contributed by atoms with van der Waals surface area (Å²) in [5.41, 5.74) is 7.68. The first-order valence-corrected chi connectivity index (χ1v) is 11.1. The molecule has 4 aromatic heterocycles. The van der Waals surface area contributed by atoms with Crippen LogP contribution in [0.4, 0.5) is 20.4 Å². The monoisotopic (exact) mass is 481 g/mol. The van der Waals surface area contributed by atoms with Gasteiger partial charge in [0.05, 0.1) is 23.8 Å². The number of rotatable bonds is 5. The van der Waals surface area contributed by atoms with Gasteiger partial charge in [-0.2, -0.15) is 19.6 Å². The molecule has 5 heterocycles. The van der Waals surface area contributed by atoms with Crippen molar-refractivity contribution in [2.45, 2.75) is 13.5 Å². The molecule has 0 aliphatic carbocycles. The smallest absolute Gasteiger partial charge is 0.297 e. The van der Waals surface area contributed by atoms with Gasteiger partial charge in [0.25, 0.3) is 5.89 Å².